The van der Waals surface area contributed by atoms with Gasteiger partial charge in [0.25, 0.3) is 0 Å². The lowest BCUT2D eigenvalue weighted by Gasteiger charge is -2.22. The third kappa shape index (κ3) is 9.80. The molecule has 0 bridgehead atoms. The van der Waals surface area contributed by atoms with Crippen LogP contribution in [0.25, 0.3) is 0 Å². The highest BCUT2D eigenvalue weighted by Gasteiger charge is 2.11. The summed E-state index contributed by atoms with van der Waals surface area (Å²) in [4.78, 5) is 0. The maximum atomic E-state index is 5.33. The molecule has 1 fully saturated rings. The molecule has 82 valence electrons. The van der Waals surface area contributed by atoms with E-state index in [9.17, 15) is 0 Å². The van der Waals surface area contributed by atoms with Gasteiger partial charge in [-0.15, -0.1) is 0 Å². The lowest BCUT2D eigenvalue weighted by atomic mass is 10.3. The third-order valence-electron chi connectivity index (χ3n) is 1.32. The Morgan fingerprint density at radius 2 is 1.77 bits per heavy atom. The normalized spacial score (nSPS) is 20.5. The van der Waals surface area contributed by atoms with Gasteiger partial charge in [0.15, 0.2) is 0 Å². The van der Waals surface area contributed by atoms with E-state index in [0.717, 1.165) is 26.4 Å². The molecule has 13 heavy (non-hydrogen) atoms. The van der Waals surface area contributed by atoms with Gasteiger partial charge in [-0.1, -0.05) is 27.7 Å². The van der Waals surface area contributed by atoms with Gasteiger partial charge in [0.1, 0.15) is 0 Å². The Bertz CT molecular complexity index is 70.6. The fraction of sp³-hybridized carbons (Fsp3) is 1.00. The van der Waals surface area contributed by atoms with Gasteiger partial charge in [-0.05, 0) is 7.05 Å². The second-order valence-corrected chi connectivity index (χ2v) is 2.13. The Labute approximate surface area is 82.8 Å². The summed E-state index contributed by atoms with van der Waals surface area (Å²) in [5, 5.41) is 3.03. The molecule has 0 amide bonds. The van der Waals surface area contributed by atoms with Crippen LogP contribution < -0.4 is 5.32 Å². The number of ether oxygens (including phenoxy) is 2. The van der Waals surface area contributed by atoms with Crippen molar-refractivity contribution >= 4 is 0 Å². The predicted molar refractivity (Wildman–Crippen MR) is 57.2 cm³/mol. The maximum Gasteiger partial charge on any atom is 0.0933 e. The highest BCUT2D eigenvalue weighted by atomic mass is 16.6. The molecule has 1 aliphatic rings. The summed E-state index contributed by atoms with van der Waals surface area (Å²) >= 11 is 0. The van der Waals surface area contributed by atoms with Gasteiger partial charge in [0, 0.05) is 6.54 Å². The van der Waals surface area contributed by atoms with Crippen molar-refractivity contribution in [2.24, 2.45) is 0 Å². The first-order valence-corrected chi connectivity index (χ1v) is 5.27. The first kappa shape index (κ1) is 15.4. The van der Waals surface area contributed by atoms with Crippen molar-refractivity contribution in [2.75, 3.05) is 33.4 Å². The molecule has 1 atom stereocenters. The van der Waals surface area contributed by atoms with E-state index in [0.29, 0.717) is 0 Å². The Morgan fingerprint density at radius 1 is 1.15 bits per heavy atom. The van der Waals surface area contributed by atoms with E-state index in [1.165, 1.54) is 0 Å². The molecule has 0 aromatic carbocycles. The summed E-state index contributed by atoms with van der Waals surface area (Å²) in [6.07, 6.45) is 0.267. The van der Waals surface area contributed by atoms with Gasteiger partial charge in [-0.25, -0.2) is 0 Å². The van der Waals surface area contributed by atoms with Crippen molar-refractivity contribution in [1.29, 1.82) is 0 Å². The Kier molecular flexibility index (Phi) is 17.0. The summed E-state index contributed by atoms with van der Waals surface area (Å²) in [6, 6.07) is 0. The Balaban J connectivity index is 0. The van der Waals surface area contributed by atoms with Crippen LogP contribution in [0.15, 0.2) is 0 Å². The predicted octanol–water partition coefficient (Wildman–Crippen LogP) is 1.67. The monoisotopic (exact) mass is 191 g/mol. The van der Waals surface area contributed by atoms with E-state index >= 15 is 0 Å². The average molecular weight is 191 g/mol. The molecule has 0 aromatic heterocycles. The second kappa shape index (κ2) is 14.4. The minimum atomic E-state index is 0.267. The van der Waals surface area contributed by atoms with Crippen molar-refractivity contribution in [3.8, 4) is 0 Å². The van der Waals surface area contributed by atoms with Crippen LogP contribution in [0.4, 0.5) is 0 Å². The standard InChI is InChI=1S/C6H13NO2.2C2H6/c1-7-4-6-5-8-2-3-9-6;2*1-2/h6-7H,2-5H2,1H3;2*1-2H3. The van der Waals surface area contributed by atoms with Crippen LogP contribution in [0.3, 0.4) is 0 Å². The Hall–Kier alpha value is -0.120. The number of hydrogen-bond acceptors (Lipinski definition) is 3. The van der Waals surface area contributed by atoms with Crippen molar-refractivity contribution in [2.45, 2.75) is 33.8 Å². The van der Waals surface area contributed by atoms with Crippen molar-refractivity contribution in [3.05, 3.63) is 0 Å². The molecule has 1 unspecified atom stereocenters. The van der Waals surface area contributed by atoms with Crippen molar-refractivity contribution in [3.63, 3.8) is 0 Å². The van der Waals surface area contributed by atoms with Crippen LogP contribution in [0.1, 0.15) is 27.7 Å². The third-order valence-corrected chi connectivity index (χ3v) is 1.32. The molecule has 0 aromatic rings. The molecular formula is C10H25NO2. The SMILES string of the molecule is CC.CC.CNCC1COCCO1. The van der Waals surface area contributed by atoms with Gasteiger partial charge in [-0.3, -0.25) is 0 Å². The van der Waals surface area contributed by atoms with Crippen LogP contribution in [-0.2, 0) is 9.47 Å². The van der Waals surface area contributed by atoms with E-state index in [1.807, 2.05) is 34.7 Å². The average Bonchev–Trinajstić information content (AvgIpc) is 2.26. The molecule has 1 saturated heterocycles. The summed E-state index contributed by atoms with van der Waals surface area (Å²) < 4.78 is 10.5. The number of likely N-dealkylation sites (N-methyl/N-ethyl adjacent to an activating group) is 1. The van der Waals surface area contributed by atoms with Crippen LogP contribution in [0, 0.1) is 0 Å². The van der Waals surface area contributed by atoms with E-state index in [1.54, 1.807) is 0 Å². The van der Waals surface area contributed by atoms with E-state index in [-0.39, 0.29) is 6.10 Å². The summed E-state index contributed by atoms with van der Waals surface area (Å²) in [5.41, 5.74) is 0. The zero-order chi connectivity index (χ0) is 10.5. The summed E-state index contributed by atoms with van der Waals surface area (Å²) in [5.74, 6) is 0. The molecule has 3 heteroatoms. The van der Waals surface area contributed by atoms with Gasteiger partial charge in [-0.2, -0.15) is 0 Å². The van der Waals surface area contributed by atoms with Crippen LogP contribution in [0.2, 0.25) is 0 Å². The Morgan fingerprint density at radius 3 is 2.15 bits per heavy atom. The molecule has 1 heterocycles. The molecule has 1 aliphatic heterocycles. The second-order valence-electron chi connectivity index (χ2n) is 2.13. The summed E-state index contributed by atoms with van der Waals surface area (Å²) in [7, 11) is 1.91. The zero-order valence-electron chi connectivity index (χ0n) is 9.72. The maximum absolute atomic E-state index is 5.33. The highest BCUT2D eigenvalue weighted by molar-refractivity contribution is 4.61. The lowest BCUT2D eigenvalue weighted by Crippen LogP contribution is -2.35. The molecule has 0 saturated carbocycles. The first-order valence-electron chi connectivity index (χ1n) is 5.27. The minimum Gasteiger partial charge on any atom is -0.376 e. The van der Waals surface area contributed by atoms with Crippen molar-refractivity contribution < 1.29 is 9.47 Å². The van der Waals surface area contributed by atoms with Gasteiger partial charge in [0.2, 0.25) is 0 Å². The quantitative estimate of drug-likeness (QED) is 0.720. The van der Waals surface area contributed by atoms with E-state index in [2.05, 4.69) is 5.32 Å². The largest absolute Gasteiger partial charge is 0.376 e. The number of nitrogens with one attached hydrogen (secondary N) is 1. The fourth-order valence-corrected chi connectivity index (χ4v) is 0.882. The zero-order valence-corrected chi connectivity index (χ0v) is 9.72. The molecule has 0 spiro atoms. The number of rotatable bonds is 2. The van der Waals surface area contributed by atoms with E-state index in [4.69, 9.17) is 9.47 Å². The minimum absolute atomic E-state index is 0.267. The molecule has 0 aliphatic carbocycles. The summed E-state index contributed by atoms with van der Waals surface area (Å²) in [6.45, 7) is 11.1. The molecule has 3 nitrogen and oxygen atoms in total. The number of hydrogen-bond donors (Lipinski definition) is 1. The topological polar surface area (TPSA) is 30.5 Å². The van der Waals surface area contributed by atoms with Gasteiger partial charge in [0.05, 0.1) is 25.9 Å². The fourth-order valence-electron chi connectivity index (χ4n) is 0.882. The lowest BCUT2D eigenvalue weighted by molar-refractivity contribution is -0.0858. The molecule has 1 N–H and O–H groups in total. The molecular weight excluding hydrogens is 166 g/mol. The van der Waals surface area contributed by atoms with Gasteiger partial charge < -0.3 is 14.8 Å². The smallest absolute Gasteiger partial charge is 0.0933 e. The van der Waals surface area contributed by atoms with Crippen LogP contribution in [0.5, 0.6) is 0 Å². The molecule has 1 rings (SSSR count). The van der Waals surface area contributed by atoms with Crippen LogP contribution >= 0.6 is 0 Å². The van der Waals surface area contributed by atoms with E-state index < -0.39 is 0 Å². The van der Waals surface area contributed by atoms with Crippen LogP contribution in [-0.4, -0.2) is 39.5 Å². The molecule has 0 radical (unpaired) electrons. The first-order chi connectivity index (χ1) is 6.43. The highest BCUT2D eigenvalue weighted by Crippen LogP contribution is 1.97. The van der Waals surface area contributed by atoms with Gasteiger partial charge >= 0.3 is 0 Å². The van der Waals surface area contributed by atoms with Crippen molar-refractivity contribution in [1.82, 2.24) is 5.32 Å².